The van der Waals surface area contributed by atoms with Gasteiger partial charge in [0.1, 0.15) is 0 Å². The van der Waals surface area contributed by atoms with Crippen molar-refractivity contribution in [3.63, 3.8) is 0 Å². The van der Waals surface area contributed by atoms with Crippen LogP contribution in [0.5, 0.6) is 0 Å². The molecule has 0 atom stereocenters. The zero-order chi connectivity index (χ0) is 8.04. The first kappa shape index (κ1) is 10.3. The van der Waals surface area contributed by atoms with Crippen molar-refractivity contribution in [2.75, 3.05) is 0 Å². The van der Waals surface area contributed by atoms with Gasteiger partial charge in [-0.15, -0.1) is 0 Å². The minimum absolute atomic E-state index is 0.544. The number of allylic oxidation sites excluding steroid dienone is 3. The van der Waals surface area contributed by atoms with Crippen LogP contribution in [0.1, 0.15) is 12.8 Å². The molecular weight excluding hydrogens is 190 g/mol. The van der Waals surface area contributed by atoms with E-state index in [0.717, 1.165) is 6.42 Å². The van der Waals surface area contributed by atoms with E-state index >= 15 is 0 Å². The van der Waals surface area contributed by atoms with E-state index in [9.17, 15) is 0 Å². The number of halogens is 3. The van der Waals surface area contributed by atoms with E-state index < -0.39 is 3.79 Å². The fraction of sp³-hybridized carbons (Fsp3) is 0.429. The average Bonchev–Trinajstić information content (AvgIpc) is 1.78. The molecule has 58 valence electrons. The maximum absolute atomic E-state index is 5.48. The summed E-state index contributed by atoms with van der Waals surface area (Å²) in [6.07, 6.45) is 6.74. The molecule has 10 heavy (non-hydrogen) atoms. The SMILES string of the molecule is C=CC=CCCC(Cl)(Cl)Cl. The topological polar surface area (TPSA) is 0 Å². The smallest absolute Gasteiger partial charge is 0.0991 e. The van der Waals surface area contributed by atoms with Gasteiger partial charge in [-0.2, -0.15) is 0 Å². The van der Waals surface area contributed by atoms with Crippen molar-refractivity contribution >= 4 is 34.8 Å². The van der Waals surface area contributed by atoms with Gasteiger partial charge in [-0.05, 0) is 12.8 Å². The highest BCUT2D eigenvalue weighted by molar-refractivity contribution is 6.67. The molecule has 0 saturated heterocycles. The summed E-state index contributed by atoms with van der Waals surface area (Å²) in [5.74, 6) is 0. The second-order valence-corrected chi connectivity index (χ2v) is 4.33. The average molecular weight is 200 g/mol. The largest absolute Gasteiger partial charge is 0.190 e. The number of rotatable bonds is 3. The lowest BCUT2D eigenvalue weighted by molar-refractivity contribution is 0.878. The maximum atomic E-state index is 5.48. The van der Waals surface area contributed by atoms with Crippen LogP contribution >= 0.6 is 34.8 Å². The number of alkyl halides is 3. The van der Waals surface area contributed by atoms with Gasteiger partial charge < -0.3 is 0 Å². The Balaban J connectivity index is 3.37. The van der Waals surface area contributed by atoms with Gasteiger partial charge in [0.25, 0.3) is 0 Å². The van der Waals surface area contributed by atoms with Gasteiger partial charge in [-0.1, -0.05) is 59.6 Å². The Morgan fingerprint density at radius 2 is 1.90 bits per heavy atom. The molecule has 0 aromatic carbocycles. The first-order chi connectivity index (χ1) is 4.56. The highest BCUT2D eigenvalue weighted by atomic mass is 35.6. The first-order valence-corrected chi connectivity index (χ1v) is 4.04. The molecule has 0 aromatic rings. The van der Waals surface area contributed by atoms with Crippen molar-refractivity contribution < 1.29 is 0 Å². The van der Waals surface area contributed by atoms with E-state index in [2.05, 4.69) is 6.58 Å². The minimum Gasteiger partial charge on any atom is -0.0991 e. The molecule has 0 N–H and O–H groups in total. The quantitative estimate of drug-likeness (QED) is 0.478. The Hall–Kier alpha value is 0.350. The summed E-state index contributed by atoms with van der Waals surface area (Å²) in [5.41, 5.74) is 0. The van der Waals surface area contributed by atoms with Crippen LogP contribution in [0.15, 0.2) is 24.8 Å². The highest BCUT2D eigenvalue weighted by Crippen LogP contribution is 2.31. The molecular formula is C7H9Cl3. The second-order valence-electron chi connectivity index (χ2n) is 1.82. The highest BCUT2D eigenvalue weighted by Gasteiger charge is 2.17. The lowest BCUT2D eigenvalue weighted by Crippen LogP contribution is -1.99. The molecule has 0 aliphatic rings. The van der Waals surface area contributed by atoms with Gasteiger partial charge in [-0.3, -0.25) is 0 Å². The molecule has 0 saturated carbocycles. The van der Waals surface area contributed by atoms with Gasteiger partial charge in [0.2, 0.25) is 0 Å². The normalized spacial score (nSPS) is 12.3. The molecule has 0 aliphatic heterocycles. The molecule has 0 aliphatic carbocycles. The summed E-state index contributed by atoms with van der Waals surface area (Å²) in [6.45, 7) is 3.51. The van der Waals surface area contributed by atoms with Crippen molar-refractivity contribution in [3.05, 3.63) is 24.8 Å². The Morgan fingerprint density at radius 1 is 1.30 bits per heavy atom. The van der Waals surface area contributed by atoms with Crippen molar-refractivity contribution in [3.8, 4) is 0 Å². The molecule has 0 unspecified atom stereocenters. The van der Waals surface area contributed by atoms with E-state index in [-0.39, 0.29) is 0 Å². The Labute approximate surface area is 76.5 Å². The molecule has 0 spiro atoms. The lowest BCUT2D eigenvalue weighted by atomic mass is 10.3. The molecule has 0 heterocycles. The zero-order valence-electron chi connectivity index (χ0n) is 5.49. The first-order valence-electron chi connectivity index (χ1n) is 2.90. The standard InChI is InChI=1S/C7H9Cl3/c1-2-3-4-5-6-7(8,9)10/h2-4H,1,5-6H2. The van der Waals surface area contributed by atoms with Gasteiger partial charge in [0, 0.05) is 0 Å². The van der Waals surface area contributed by atoms with E-state index in [1.807, 2.05) is 12.2 Å². The van der Waals surface area contributed by atoms with Gasteiger partial charge in [-0.25, -0.2) is 0 Å². The third-order valence-electron chi connectivity index (χ3n) is 0.867. The van der Waals surface area contributed by atoms with E-state index in [0.29, 0.717) is 6.42 Å². The van der Waals surface area contributed by atoms with Crippen LogP contribution in [-0.4, -0.2) is 3.79 Å². The van der Waals surface area contributed by atoms with Crippen molar-refractivity contribution in [2.24, 2.45) is 0 Å². The Bertz CT molecular complexity index is 121. The number of hydrogen-bond donors (Lipinski definition) is 0. The van der Waals surface area contributed by atoms with Gasteiger partial charge in [0.15, 0.2) is 3.79 Å². The molecule has 0 rings (SSSR count). The molecule has 0 amide bonds. The van der Waals surface area contributed by atoms with Crippen LogP contribution in [-0.2, 0) is 0 Å². The predicted molar refractivity (Wildman–Crippen MR) is 48.9 cm³/mol. The molecule has 0 radical (unpaired) electrons. The van der Waals surface area contributed by atoms with E-state index in [1.165, 1.54) is 0 Å². The van der Waals surface area contributed by atoms with Crippen molar-refractivity contribution in [1.82, 2.24) is 0 Å². The predicted octanol–water partition coefficient (Wildman–Crippen LogP) is 3.88. The third kappa shape index (κ3) is 8.35. The van der Waals surface area contributed by atoms with Crippen molar-refractivity contribution in [2.45, 2.75) is 16.6 Å². The Morgan fingerprint density at radius 3 is 2.30 bits per heavy atom. The summed E-state index contributed by atoms with van der Waals surface area (Å²) in [6, 6.07) is 0. The monoisotopic (exact) mass is 198 g/mol. The van der Waals surface area contributed by atoms with Crippen LogP contribution in [0.25, 0.3) is 0 Å². The second kappa shape index (κ2) is 5.06. The fourth-order valence-corrected chi connectivity index (χ4v) is 0.767. The summed E-state index contributed by atoms with van der Waals surface area (Å²) >= 11 is 16.4. The summed E-state index contributed by atoms with van der Waals surface area (Å²) in [7, 11) is 0. The van der Waals surface area contributed by atoms with Crippen LogP contribution in [0, 0.1) is 0 Å². The molecule has 0 fully saturated rings. The molecule has 0 bridgehead atoms. The summed E-state index contributed by atoms with van der Waals surface area (Å²) < 4.78 is -1.12. The van der Waals surface area contributed by atoms with E-state index in [1.54, 1.807) is 6.08 Å². The Kier molecular flexibility index (Phi) is 5.24. The van der Waals surface area contributed by atoms with Gasteiger partial charge >= 0.3 is 0 Å². The summed E-state index contributed by atoms with van der Waals surface area (Å²) in [4.78, 5) is 0. The van der Waals surface area contributed by atoms with Crippen LogP contribution in [0.3, 0.4) is 0 Å². The molecule has 0 nitrogen and oxygen atoms in total. The fourth-order valence-electron chi connectivity index (χ4n) is 0.439. The van der Waals surface area contributed by atoms with Crippen LogP contribution < -0.4 is 0 Å². The molecule has 3 heteroatoms. The third-order valence-corrected chi connectivity index (χ3v) is 1.43. The van der Waals surface area contributed by atoms with Gasteiger partial charge in [0.05, 0.1) is 0 Å². The zero-order valence-corrected chi connectivity index (χ0v) is 7.76. The van der Waals surface area contributed by atoms with Crippen LogP contribution in [0.2, 0.25) is 0 Å². The molecule has 0 aromatic heterocycles. The summed E-state index contributed by atoms with van der Waals surface area (Å²) in [5, 5.41) is 0. The van der Waals surface area contributed by atoms with Crippen molar-refractivity contribution in [1.29, 1.82) is 0 Å². The minimum atomic E-state index is -1.12. The lowest BCUT2D eigenvalue weighted by Gasteiger charge is -2.06. The van der Waals surface area contributed by atoms with Crippen LogP contribution in [0.4, 0.5) is 0 Å². The maximum Gasteiger partial charge on any atom is 0.190 e. The number of hydrogen-bond acceptors (Lipinski definition) is 0. The van der Waals surface area contributed by atoms with E-state index in [4.69, 9.17) is 34.8 Å².